The summed E-state index contributed by atoms with van der Waals surface area (Å²) in [7, 11) is 0. The highest BCUT2D eigenvalue weighted by Gasteiger charge is 2.33. The molecule has 2 aromatic rings. The Morgan fingerprint density at radius 2 is 2.08 bits per heavy atom. The topological polar surface area (TPSA) is 88.6 Å². The molecular formula is C18H16ClN3O4. The van der Waals surface area contributed by atoms with Crippen LogP contribution in [0.4, 0.5) is 11.4 Å². The fourth-order valence-electron chi connectivity index (χ4n) is 2.66. The molecule has 0 radical (unpaired) electrons. The first-order chi connectivity index (χ1) is 12.4. The Labute approximate surface area is 154 Å². The maximum atomic E-state index is 12.6. The third kappa shape index (κ3) is 3.52. The van der Waals surface area contributed by atoms with Crippen LogP contribution >= 0.6 is 11.6 Å². The third-order valence-electron chi connectivity index (χ3n) is 4.01. The SMILES string of the molecule is CC(=O)c1ccc2c(c1)N(C(C)C(=O)Nc1ccnc(Cl)c1)C(=O)CO2. The predicted octanol–water partition coefficient (Wildman–Crippen LogP) is 2.69. The number of halogens is 1. The van der Waals surface area contributed by atoms with Gasteiger partial charge in [0.15, 0.2) is 12.4 Å². The van der Waals surface area contributed by atoms with Crippen LogP contribution in [0.1, 0.15) is 24.2 Å². The van der Waals surface area contributed by atoms with Gasteiger partial charge in [-0.2, -0.15) is 0 Å². The molecule has 1 N–H and O–H groups in total. The lowest BCUT2D eigenvalue weighted by Crippen LogP contribution is -2.49. The van der Waals surface area contributed by atoms with Crippen molar-refractivity contribution < 1.29 is 19.1 Å². The second kappa shape index (κ2) is 7.13. The van der Waals surface area contributed by atoms with E-state index in [4.69, 9.17) is 16.3 Å². The largest absolute Gasteiger partial charge is 0.482 e. The van der Waals surface area contributed by atoms with Gasteiger partial charge in [-0.15, -0.1) is 0 Å². The molecule has 26 heavy (non-hydrogen) atoms. The van der Waals surface area contributed by atoms with Gasteiger partial charge in [-0.1, -0.05) is 11.6 Å². The Hall–Kier alpha value is -2.93. The summed E-state index contributed by atoms with van der Waals surface area (Å²) in [5, 5.41) is 2.95. The Kier molecular flexibility index (Phi) is 4.90. The number of fused-ring (bicyclic) bond motifs is 1. The van der Waals surface area contributed by atoms with Gasteiger partial charge in [-0.3, -0.25) is 19.3 Å². The molecule has 1 aliphatic rings. The summed E-state index contributed by atoms with van der Waals surface area (Å²) in [6, 6.07) is 7.09. The van der Waals surface area contributed by atoms with Crippen molar-refractivity contribution >= 4 is 40.6 Å². The van der Waals surface area contributed by atoms with Gasteiger partial charge in [-0.05, 0) is 44.2 Å². The number of aromatic nitrogens is 1. The number of nitrogens with one attached hydrogen (secondary N) is 1. The van der Waals surface area contributed by atoms with Crippen LogP contribution in [-0.2, 0) is 9.59 Å². The maximum Gasteiger partial charge on any atom is 0.265 e. The fraction of sp³-hybridized carbons (Fsp3) is 0.222. The van der Waals surface area contributed by atoms with Gasteiger partial charge in [0.1, 0.15) is 16.9 Å². The zero-order valence-corrected chi connectivity index (χ0v) is 14.9. The standard InChI is InChI=1S/C18H16ClN3O4/c1-10(18(25)21-13-5-6-20-16(19)8-13)22-14-7-12(11(2)23)3-4-15(14)26-9-17(22)24/h3-8,10H,9H2,1-2H3,(H,20,21,25). The molecule has 0 fully saturated rings. The molecule has 7 nitrogen and oxygen atoms in total. The number of carbonyl (C=O) groups excluding carboxylic acids is 3. The summed E-state index contributed by atoms with van der Waals surface area (Å²) < 4.78 is 5.40. The minimum atomic E-state index is -0.820. The van der Waals surface area contributed by atoms with Crippen LogP contribution in [0.3, 0.4) is 0 Å². The van der Waals surface area contributed by atoms with Gasteiger partial charge in [0.05, 0.1) is 5.69 Å². The molecular weight excluding hydrogens is 358 g/mol. The highest BCUT2D eigenvalue weighted by atomic mass is 35.5. The van der Waals surface area contributed by atoms with Crippen LogP contribution < -0.4 is 15.0 Å². The summed E-state index contributed by atoms with van der Waals surface area (Å²) in [6.07, 6.45) is 1.47. The molecule has 3 rings (SSSR count). The number of Topliss-reactive ketones (excluding diaryl/α,β-unsaturated/α-hetero) is 1. The van der Waals surface area contributed by atoms with Crippen LogP contribution in [0.15, 0.2) is 36.5 Å². The second-order valence-corrected chi connectivity index (χ2v) is 6.21. The third-order valence-corrected chi connectivity index (χ3v) is 4.21. The number of ether oxygens (including phenoxy) is 1. The smallest absolute Gasteiger partial charge is 0.265 e. The van der Waals surface area contributed by atoms with Gasteiger partial charge in [0, 0.05) is 17.4 Å². The van der Waals surface area contributed by atoms with Gasteiger partial charge in [0.2, 0.25) is 5.91 Å². The first-order valence-electron chi connectivity index (χ1n) is 7.89. The first kappa shape index (κ1) is 17.9. The number of hydrogen-bond acceptors (Lipinski definition) is 5. The van der Waals surface area contributed by atoms with E-state index in [1.165, 1.54) is 24.1 Å². The molecule has 0 aliphatic carbocycles. The molecule has 134 valence electrons. The molecule has 1 atom stereocenters. The van der Waals surface area contributed by atoms with E-state index in [1.54, 1.807) is 31.2 Å². The lowest BCUT2D eigenvalue weighted by Gasteiger charge is -2.33. The Morgan fingerprint density at radius 3 is 2.77 bits per heavy atom. The number of rotatable bonds is 4. The van der Waals surface area contributed by atoms with E-state index < -0.39 is 11.9 Å². The van der Waals surface area contributed by atoms with E-state index in [1.807, 2.05) is 0 Å². The van der Waals surface area contributed by atoms with Crippen LogP contribution in [0, 0.1) is 0 Å². The molecule has 0 saturated carbocycles. The summed E-state index contributed by atoms with van der Waals surface area (Å²) >= 11 is 5.82. The van der Waals surface area contributed by atoms with Crippen molar-refractivity contribution in [2.75, 3.05) is 16.8 Å². The molecule has 0 bridgehead atoms. The van der Waals surface area contributed by atoms with Gasteiger partial charge in [-0.25, -0.2) is 4.98 Å². The minimum Gasteiger partial charge on any atom is -0.482 e. The van der Waals surface area contributed by atoms with E-state index in [2.05, 4.69) is 10.3 Å². The van der Waals surface area contributed by atoms with E-state index in [0.717, 1.165) is 0 Å². The van der Waals surface area contributed by atoms with Crippen molar-refractivity contribution in [2.24, 2.45) is 0 Å². The molecule has 2 amide bonds. The van der Waals surface area contributed by atoms with Crippen molar-refractivity contribution in [1.29, 1.82) is 0 Å². The molecule has 1 aliphatic heterocycles. The lowest BCUT2D eigenvalue weighted by molar-refractivity contribution is -0.125. The van der Waals surface area contributed by atoms with Crippen molar-refractivity contribution in [3.63, 3.8) is 0 Å². The van der Waals surface area contributed by atoms with Crippen LogP contribution in [0.2, 0.25) is 5.15 Å². The molecule has 1 aromatic carbocycles. The zero-order chi connectivity index (χ0) is 18.8. The van der Waals surface area contributed by atoms with Crippen molar-refractivity contribution in [3.8, 4) is 5.75 Å². The first-order valence-corrected chi connectivity index (χ1v) is 8.27. The predicted molar refractivity (Wildman–Crippen MR) is 96.8 cm³/mol. The summed E-state index contributed by atoms with van der Waals surface area (Å²) in [6.45, 7) is 2.86. The molecule has 1 unspecified atom stereocenters. The maximum absolute atomic E-state index is 12.6. The highest BCUT2D eigenvalue weighted by molar-refractivity contribution is 6.29. The average molecular weight is 374 g/mol. The second-order valence-electron chi connectivity index (χ2n) is 5.82. The van der Waals surface area contributed by atoms with Crippen LogP contribution in [-0.4, -0.2) is 35.2 Å². The number of nitrogens with zero attached hydrogens (tertiary/aromatic N) is 2. The number of ketones is 1. The normalized spacial score (nSPS) is 14.3. The number of amides is 2. The van der Waals surface area contributed by atoms with E-state index >= 15 is 0 Å². The average Bonchev–Trinajstić information content (AvgIpc) is 2.60. The molecule has 8 heteroatoms. The Morgan fingerprint density at radius 1 is 1.31 bits per heavy atom. The highest BCUT2D eigenvalue weighted by Crippen LogP contribution is 2.34. The molecule has 0 saturated heterocycles. The van der Waals surface area contributed by atoms with Crippen molar-refractivity contribution in [2.45, 2.75) is 19.9 Å². The van der Waals surface area contributed by atoms with E-state index in [9.17, 15) is 14.4 Å². The summed E-state index contributed by atoms with van der Waals surface area (Å²) in [5.74, 6) is -0.467. The van der Waals surface area contributed by atoms with Crippen LogP contribution in [0.5, 0.6) is 5.75 Å². The number of benzene rings is 1. The number of hydrogen-bond donors (Lipinski definition) is 1. The number of carbonyl (C=O) groups is 3. The van der Waals surface area contributed by atoms with Crippen molar-refractivity contribution in [1.82, 2.24) is 4.98 Å². The van der Waals surface area contributed by atoms with Crippen LogP contribution in [0.25, 0.3) is 0 Å². The summed E-state index contributed by atoms with van der Waals surface area (Å²) in [4.78, 5) is 41.9. The number of anilines is 2. The Bertz CT molecular complexity index is 900. The van der Waals surface area contributed by atoms with Gasteiger partial charge in [0.25, 0.3) is 5.91 Å². The van der Waals surface area contributed by atoms with E-state index in [-0.39, 0.29) is 23.5 Å². The molecule has 0 spiro atoms. The monoisotopic (exact) mass is 373 g/mol. The summed E-state index contributed by atoms with van der Waals surface area (Å²) in [5.41, 5.74) is 1.30. The van der Waals surface area contributed by atoms with Gasteiger partial charge < -0.3 is 10.1 Å². The minimum absolute atomic E-state index is 0.144. The quantitative estimate of drug-likeness (QED) is 0.657. The zero-order valence-electron chi connectivity index (χ0n) is 14.2. The number of pyridine rings is 1. The lowest BCUT2D eigenvalue weighted by atomic mass is 10.1. The molecule has 1 aromatic heterocycles. The van der Waals surface area contributed by atoms with E-state index in [0.29, 0.717) is 22.7 Å². The fourth-order valence-corrected chi connectivity index (χ4v) is 2.83. The Balaban J connectivity index is 1.90. The van der Waals surface area contributed by atoms with Gasteiger partial charge >= 0.3 is 0 Å². The van der Waals surface area contributed by atoms with Crippen molar-refractivity contribution in [3.05, 3.63) is 47.2 Å². The molecule has 2 heterocycles.